The summed E-state index contributed by atoms with van der Waals surface area (Å²) in [5.74, 6) is -0.352. The SMILES string of the molecule is Nc1cccc(/C=N/N2CC(=O)NC2=O)c1. The molecular weight excluding hydrogens is 208 g/mol. The zero-order valence-corrected chi connectivity index (χ0v) is 8.38. The molecule has 2 rings (SSSR count). The number of hydrogen-bond donors (Lipinski definition) is 2. The molecule has 0 spiro atoms. The van der Waals surface area contributed by atoms with E-state index in [9.17, 15) is 9.59 Å². The third-order valence-electron chi connectivity index (χ3n) is 2.03. The predicted molar refractivity (Wildman–Crippen MR) is 58.7 cm³/mol. The van der Waals surface area contributed by atoms with Crippen LogP contribution in [0.3, 0.4) is 0 Å². The minimum Gasteiger partial charge on any atom is -0.399 e. The number of nitrogens with two attached hydrogens (primary N) is 1. The highest BCUT2D eigenvalue weighted by Gasteiger charge is 2.25. The van der Waals surface area contributed by atoms with Crippen LogP contribution in [0, 0.1) is 0 Å². The summed E-state index contributed by atoms with van der Waals surface area (Å²) >= 11 is 0. The van der Waals surface area contributed by atoms with Gasteiger partial charge >= 0.3 is 6.03 Å². The Morgan fingerprint density at radius 2 is 2.25 bits per heavy atom. The second-order valence-corrected chi connectivity index (χ2v) is 3.33. The van der Waals surface area contributed by atoms with E-state index in [2.05, 4.69) is 10.4 Å². The Bertz CT molecular complexity index is 470. The standard InChI is InChI=1S/C10H10N4O2/c11-8-3-1-2-7(4-8)5-12-14-6-9(15)13-10(14)16/h1-5H,6,11H2,(H,13,15,16)/b12-5+. The number of anilines is 1. The third kappa shape index (κ3) is 2.17. The first-order chi connectivity index (χ1) is 7.65. The molecular formula is C10H10N4O2. The molecule has 3 amide bonds. The van der Waals surface area contributed by atoms with Gasteiger partial charge in [0.15, 0.2) is 0 Å². The summed E-state index contributed by atoms with van der Waals surface area (Å²) in [4.78, 5) is 22.0. The maximum absolute atomic E-state index is 11.1. The van der Waals surface area contributed by atoms with Crippen molar-refractivity contribution >= 4 is 23.8 Å². The highest BCUT2D eigenvalue weighted by molar-refractivity contribution is 6.02. The van der Waals surface area contributed by atoms with Crippen molar-refractivity contribution in [2.75, 3.05) is 12.3 Å². The van der Waals surface area contributed by atoms with E-state index in [0.717, 1.165) is 10.6 Å². The van der Waals surface area contributed by atoms with Gasteiger partial charge in [0.1, 0.15) is 6.54 Å². The van der Waals surface area contributed by atoms with Gasteiger partial charge in [-0.3, -0.25) is 10.1 Å². The second-order valence-electron chi connectivity index (χ2n) is 3.33. The molecule has 6 heteroatoms. The molecule has 1 fully saturated rings. The van der Waals surface area contributed by atoms with Crippen LogP contribution in [0.25, 0.3) is 0 Å². The summed E-state index contributed by atoms with van der Waals surface area (Å²) in [5.41, 5.74) is 6.97. The normalized spacial score (nSPS) is 15.9. The number of imide groups is 1. The third-order valence-corrected chi connectivity index (χ3v) is 2.03. The van der Waals surface area contributed by atoms with E-state index in [1.54, 1.807) is 24.3 Å². The van der Waals surface area contributed by atoms with Crippen molar-refractivity contribution < 1.29 is 9.59 Å². The van der Waals surface area contributed by atoms with Gasteiger partial charge in [0, 0.05) is 5.69 Å². The minimum atomic E-state index is -0.509. The maximum atomic E-state index is 11.1. The Morgan fingerprint density at radius 3 is 2.88 bits per heavy atom. The molecule has 1 heterocycles. The van der Waals surface area contributed by atoms with Crippen LogP contribution in [0.15, 0.2) is 29.4 Å². The van der Waals surface area contributed by atoms with Crippen molar-refractivity contribution in [1.82, 2.24) is 10.3 Å². The molecule has 1 aromatic carbocycles. The molecule has 1 aromatic rings. The number of hydrogen-bond acceptors (Lipinski definition) is 4. The molecule has 0 aliphatic carbocycles. The summed E-state index contributed by atoms with van der Waals surface area (Å²) < 4.78 is 0. The number of rotatable bonds is 2. The number of urea groups is 1. The Morgan fingerprint density at radius 1 is 1.44 bits per heavy atom. The van der Waals surface area contributed by atoms with E-state index in [1.807, 2.05) is 0 Å². The fraction of sp³-hybridized carbons (Fsp3) is 0.100. The number of carbonyl (C=O) groups excluding carboxylic acids is 2. The zero-order chi connectivity index (χ0) is 11.5. The number of amides is 3. The molecule has 0 aromatic heterocycles. The van der Waals surface area contributed by atoms with Gasteiger partial charge in [0.2, 0.25) is 5.91 Å². The lowest BCUT2D eigenvalue weighted by atomic mass is 10.2. The number of nitrogen functional groups attached to an aromatic ring is 1. The van der Waals surface area contributed by atoms with Gasteiger partial charge in [-0.2, -0.15) is 5.10 Å². The van der Waals surface area contributed by atoms with Crippen molar-refractivity contribution in [3.8, 4) is 0 Å². The van der Waals surface area contributed by atoms with Gasteiger partial charge in [-0.1, -0.05) is 12.1 Å². The molecule has 1 aliphatic rings. The average Bonchev–Trinajstić information content (AvgIpc) is 2.54. The number of hydrazone groups is 1. The van der Waals surface area contributed by atoms with Crippen LogP contribution in [0.1, 0.15) is 5.56 Å². The first-order valence-electron chi connectivity index (χ1n) is 4.66. The molecule has 82 valence electrons. The molecule has 6 nitrogen and oxygen atoms in total. The molecule has 1 saturated heterocycles. The number of benzene rings is 1. The van der Waals surface area contributed by atoms with E-state index < -0.39 is 6.03 Å². The van der Waals surface area contributed by atoms with Crippen LogP contribution in [-0.2, 0) is 4.79 Å². The molecule has 0 saturated carbocycles. The van der Waals surface area contributed by atoms with Crippen molar-refractivity contribution in [1.29, 1.82) is 0 Å². The summed E-state index contributed by atoms with van der Waals surface area (Å²) in [6, 6.07) is 6.55. The molecule has 0 radical (unpaired) electrons. The zero-order valence-electron chi connectivity index (χ0n) is 8.38. The van der Waals surface area contributed by atoms with Crippen molar-refractivity contribution in [3.05, 3.63) is 29.8 Å². The highest BCUT2D eigenvalue weighted by Crippen LogP contribution is 2.05. The highest BCUT2D eigenvalue weighted by atomic mass is 16.2. The van der Waals surface area contributed by atoms with E-state index in [0.29, 0.717) is 5.69 Å². The van der Waals surface area contributed by atoms with E-state index in [1.165, 1.54) is 6.21 Å². The summed E-state index contributed by atoms with van der Waals surface area (Å²) in [6.07, 6.45) is 1.48. The largest absolute Gasteiger partial charge is 0.399 e. The molecule has 1 aliphatic heterocycles. The number of nitrogens with zero attached hydrogens (tertiary/aromatic N) is 2. The molecule has 0 unspecified atom stereocenters. The van der Waals surface area contributed by atoms with Gasteiger partial charge in [0.25, 0.3) is 0 Å². The van der Waals surface area contributed by atoms with Gasteiger partial charge < -0.3 is 5.73 Å². The fourth-order valence-corrected chi connectivity index (χ4v) is 1.30. The lowest BCUT2D eigenvalue weighted by Gasteiger charge is -2.04. The van der Waals surface area contributed by atoms with E-state index in [4.69, 9.17) is 5.73 Å². The molecule has 3 N–H and O–H groups in total. The lowest BCUT2D eigenvalue weighted by molar-refractivity contribution is -0.118. The van der Waals surface area contributed by atoms with Gasteiger partial charge in [-0.15, -0.1) is 0 Å². The Balaban J connectivity index is 2.10. The van der Waals surface area contributed by atoms with Crippen LogP contribution in [0.5, 0.6) is 0 Å². The monoisotopic (exact) mass is 218 g/mol. The first kappa shape index (κ1) is 10.2. The predicted octanol–water partition coefficient (Wildman–Crippen LogP) is 0.154. The summed E-state index contributed by atoms with van der Waals surface area (Å²) in [6.45, 7) is -0.0440. The number of carbonyl (C=O) groups is 2. The lowest BCUT2D eigenvalue weighted by Crippen LogP contribution is -2.24. The average molecular weight is 218 g/mol. The van der Waals surface area contributed by atoms with E-state index in [-0.39, 0.29) is 12.5 Å². The quantitative estimate of drug-likeness (QED) is 0.421. The van der Waals surface area contributed by atoms with Crippen LogP contribution >= 0.6 is 0 Å². The summed E-state index contributed by atoms with van der Waals surface area (Å²) in [5, 5.41) is 7.07. The van der Waals surface area contributed by atoms with Crippen LogP contribution in [0.4, 0.5) is 10.5 Å². The second kappa shape index (κ2) is 4.01. The topological polar surface area (TPSA) is 87.8 Å². The smallest absolute Gasteiger partial charge is 0.344 e. The number of nitrogens with one attached hydrogen (secondary N) is 1. The molecule has 0 atom stereocenters. The molecule has 0 bridgehead atoms. The summed E-state index contributed by atoms with van der Waals surface area (Å²) in [7, 11) is 0. The Kier molecular flexibility index (Phi) is 2.55. The Hall–Kier alpha value is -2.37. The van der Waals surface area contributed by atoms with Crippen LogP contribution < -0.4 is 11.1 Å². The van der Waals surface area contributed by atoms with Crippen molar-refractivity contribution in [2.24, 2.45) is 5.10 Å². The Labute approximate surface area is 91.7 Å². The van der Waals surface area contributed by atoms with Crippen LogP contribution in [0.2, 0.25) is 0 Å². The van der Waals surface area contributed by atoms with Crippen molar-refractivity contribution in [3.63, 3.8) is 0 Å². The maximum Gasteiger partial charge on any atom is 0.344 e. The fourth-order valence-electron chi connectivity index (χ4n) is 1.30. The van der Waals surface area contributed by atoms with Gasteiger partial charge in [0.05, 0.1) is 6.21 Å². The van der Waals surface area contributed by atoms with Gasteiger partial charge in [-0.25, -0.2) is 9.80 Å². The van der Waals surface area contributed by atoms with E-state index >= 15 is 0 Å². The minimum absolute atomic E-state index is 0.0440. The van der Waals surface area contributed by atoms with Crippen molar-refractivity contribution in [2.45, 2.75) is 0 Å². The molecule has 16 heavy (non-hydrogen) atoms. The van der Waals surface area contributed by atoms with Gasteiger partial charge in [-0.05, 0) is 17.7 Å². The first-order valence-corrected chi connectivity index (χ1v) is 4.66. The van der Waals surface area contributed by atoms with Crippen LogP contribution in [-0.4, -0.2) is 29.7 Å².